The van der Waals surface area contributed by atoms with Crippen molar-refractivity contribution in [1.29, 1.82) is 0 Å². The van der Waals surface area contributed by atoms with Crippen LogP contribution >= 0.6 is 0 Å². The van der Waals surface area contributed by atoms with Crippen LogP contribution in [0.1, 0.15) is 26.7 Å². The largest absolute Gasteiger partial charge is 0.454 e. The van der Waals surface area contributed by atoms with Crippen LogP contribution < -0.4 is 14.4 Å². The van der Waals surface area contributed by atoms with Crippen molar-refractivity contribution in [3.05, 3.63) is 29.3 Å². The van der Waals surface area contributed by atoms with Gasteiger partial charge in [-0.25, -0.2) is 4.90 Å². The summed E-state index contributed by atoms with van der Waals surface area (Å²) in [4.78, 5) is 27.5. The summed E-state index contributed by atoms with van der Waals surface area (Å²) < 4.78 is 10.7. The molecule has 0 unspecified atom stereocenters. The summed E-state index contributed by atoms with van der Waals surface area (Å²) in [6, 6.07) is 5.28. The number of hydrogen-bond acceptors (Lipinski definition) is 4. The SMILES string of the molecule is CC(C)=C1[C@H]2CC[C@@H]1[C@@H]1C(=O)N(c3ccc4c(c3)OCO4)C(=O)[C@H]12. The number of rotatable bonds is 1. The number of nitrogens with zero attached hydrogens (tertiary/aromatic N) is 1. The summed E-state index contributed by atoms with van der Waals surface area (Å²) in [5, 5.41) is 0. The summed E-state index contributed by atoms with van der Waals surface area (Å²) in [5.41, 5.74) is 3.26. The molecule has 2 amide bonds. The Morgan fingerprint density at radius 1 is 1.00 bits per heavy atom. The molecule has 0 aromatic heterocycles. The van der Waals surface area contributed by atoms with E-state index in [0.717, 1.165) is 12.8 Å². The Morgan fingerprint density at radius 3 is 2.25 bits per heavy atom. The first kappa shape index (κ1) is 14.1. The van der Waals surface area contributed by atoms with Crippen molar-refractivity contribution >= 4 is 17.5 Å². The highest BCUT2D eigenvalue weighted by molar-refractivity contribution is 6.23. The highest BCUT2D eigenvalue weighted by Crippen LogP contribution is 2.60. The highest BCUT2D eigenvalue weighted by Gasteiger charge is 2.63. The number of ether oxygens (including phenoxy) is 2. The van der Waals surface area contributed by atoms with Gasteiger partial charge in [0.15, 0.2) is 11.5 Å². The van der Waals surface area contributed by atoms with E-state index in [1.807, 2.05) is 0 Å². The second-order valence-electron chi connectivity index (χ2n) is 7.35. The van der Waals surface area contributed by atoms with Crippen LogP contribution in [0.5, 0.6) is 11.5 Å². The predicted molar refractivity (Wildman–Crippen MR) is 86.6 cm³/mol. The quantitative estimate of drug-likeness (QED) is 0.588. The standard InChI is InChI=1S/C19H19NO4/c1-9(2)15-11-4-5-12(15)17-16(11)18(21)20(19(17)22)10-3-6-13-14(7-10)24-8-23-13/h3,6-7,11-12,16-17H,4-5,8H2,1-2H3/t11-,12+,16-,17-/m0/s1. The molecule has 2 aliphatic carbocycles. The molecule has 1 aromatic carbocycles. The molecule has 2 bridgehead atoms. The highest BCUT2D eigenvalue weighted by atomic mass is 16.7. The number of carbonyl (C=O) groups is 2. The fourth-order valence-electron chi connectivity index (χ4n) is 5.27. The minimum Gasteiger partial charge on any atom is -0.454 e. The maximum absolute atomic E-state index is 13.1. The van der Waals surface area contributed by atoms with E-state index in [1.165, 1.54) is 16.0 Å². The Kier molecular flexibility index (Phi) is 2.71. The third kappa shape index (κ3) is 1.60. The second kappa shape index (κ2) is 4.62. The molecule has 24 heavy (non-hydrogen) atoms. The molecular formula is C19H19NO4. The molecule has 2 heterocycles. The third-order valence-electron chi connectivity index (χ3n) is 6.04. The van der Waals surface area contributed by atoms with E-state index in [4.69, 9.17) is 9.47 Å². The van der Waals surface area contributed by atoms with E-state index >= 15 is 0 Å². The zero-order chi connectivity index (χ0) is 16.6. The third-order valence-corrected chi connectivity index (χ3v) is 6.04. The van der Waals surface area contributed by atoms with E-state index in [2.05, 4.69) is 13.8 Å². The van der Waals surface area contributed by atoms with Gasteiger partial charge in [-0.1, -0.05) is 11.1 Å². The molecule has 0 spiro atoms. The predicted octanol–water partition coefficient (Wildman–Crippen LogP) is 2.90. The molecule has 5 nitrogen and oxygen atoms in total. The van der Waals surface area contributed by atoms with Crippen LogP contribution in [0.3, 0.4) is 0 Å². The van der Waals surface area contributed by atoms with Gasteiger partial charge in [0.25, 0.3) is 0 Å². The van der Waals surface area contributed by atoms with Crippen molar-refractivity contribution in [3.63, 3.8) is 0 Å². The van der Waals surface area contributed by atoms with Gasteiger partial charge in [-0.05, 0) is 50.7 Å². The van der Waals surface area contributed by atoms with Gasteiger partial charge in [0.05, 0.1) is 17.5 Å². The molecule has 5 heteroatoms. The van der Waals surface area contributed by atoms with Crippen molar-refractivity contribution in [2.45, 2.75) is 26.7 Å². The summed E-state index contributed by atoms with van der Waals surface area (Å²) in [6.45, 7) is 4.39. The van der Waals surface area contributed by atoms with Crippen LogP contribution in [0.4, 0.5) is 5.69 Å². The second-order valence-corrected chi connectivity index (χ2v) is 7.35. The maximum Gasteiger partial charge on any atom is 0.238 e. The van der Waals surface area contributed by atoms with Gasteiger partial charge in [0, 0.05) is 6.07 Å². The molecule has 4 aliphatic rings. The van der Waals surface area contributed by atoms with Crippen LogP contribution in [0, 0.1) is 23.7 Å². The average Bonchev–Trinajstić information content (AvgIpc) is 3.29. The average molecular weight is 325 g/mol. The minimum atomic E-state index is -0.174. The van der Waals surface area contributed by atoms with Crippen molar-refractivity contribution in [2.24, 2.45) is 23.7 Å². The number of allylic oxidation sites excluding steroid dienone is 2. The number of amides is 2. The first-order valence-corrected chi connectivity index (χ1v) is 8.52. The van der Waals surface area contributed by atoms with Crippen LogP contribution in [0.2, 0.25) is 0 Å². The Labute approximate surface area is 140 Å². The lowest BCUT2D eigenvalue weighted by Gasteiger charge is -2.19. The zero-order valence-corrected chi connectivity index (χ0v) is 13.7. The minimum absolute atomic E-state index is 0.0465. The monoisotopic (exact) mass is 325 g/mol. The van der Waals surface area contributed by atoms with Crippen molar-refractivity contribution in [3.8, 4) is 11.5 Å². The zero-order valence-electron chi connectivity index (χ0n) is 13.7. The number of fused-ring (bicyclic) bond motifs is 6. The maximum atomic E-state index is 13.1. The van der Waals surface area contributed by atoms with E-state index in [1.54, 1.807) is 18.2 Å². The van der Waals surface area contributed by atoms with E-state index in [9.17, 15) is 9.59 Å². The Balaban J connectivity index is 1.55. The van der Waals surface area contributed by atoms with Gasteiger partial charge in [-0.3, -0.25) is 9.59 Å². The summed E-state index contributed by atoms with van der Waals surface area (Å²) in [7, 11) is 0. The van der Waals surface area contributed by atoms with Crippen molar-refractivity contribution < 1.29 is 19.1 Å². The molecule has 5 rings (SSSR count). The molecular weight excluding hydrogens is 306 g/mol. The molecule has 124 valence electrons. The Bertz CT molecular complexity index is 776. The lowest BCUT2D eigenvalue weighted by molar-refractivity contribution is -0.123. The lowest BCUT2D eigenvalue weighted by atomic mass is 9.81. The first-order valence-electron chi connectivity index (χ1n) is 8.52. The number of benzene rings is 1. The van der Waals surface area contributed by atoms with Gasteiger partial charge in [0.2, 0.25) is 18.6 Å². The fourth-order valence-corrected chi connectivity index (χ4v) is 5.27. The first-order chi connectivity index (χ1) is 11.6. The van der Waals surface area contributed by atoms with E-state index in [-0.39, 0.29) is 42.3 Å². The molecule has 4 atom stereocenters. The number of carbonyl (C=O) groups excluding carboxylic acids is 2. The molecule has 3 fully saturated rings. The summed E-state index contributed by atoms with van der Waals surface area (Å²) in [6.07, 6.45) is 2.06. The van der Waals surface area contributed by atoms with Crippen molar-refractivity contribution in [2.75, 3.05) is 11.7 Å². The van der Waals surface area contributed by atoms with E-state index in [0.29, 0.717) is 17.2 Å². The summed E-state index contributed by atoms with van der Waals surface area (Å²) >= 11 is 0. The Hall–Kier alpha value is -2.30. The smallest absolute Gasteiger partial charge is 0.238 e. The van der Waals surface area contributed by atoms with Crippen LogP contribution in [-0.2, 0) is 9.59 Å². The summed E-state index contributed by atoms with van der Waals surface area (Å²) in [5.74, 6) is 1.31. The van der Waals surface area contributed by atoms with Crippen LogP contribution in [-0.4, -0.2) is 18.6 Å². The number of hydrogen-bond donors (Lipinski definition) is 0. The van der Waals surface area contributed by atoms with Gasteiger partial charge >= 0.3 is 0 Å². The molecule has 0 N–H and O–H groups in total. The van der Waals surface area contributed by atoms with Gasteiger partial charge < -0.3 is 9.47 Å². The van der Waals surface area contributed by atoms with Crippen molar-refractivity contribution in [1.82, 2.24) is 0 Å². The van der Waals surface area contributed by atoms with Gasteiger partial charge in [-0.2, -0.15) is 0 Å². The van der Waals surface area contributed by atoms with E-state index < -0.39 is 0 Å². The molecule has 0 radical (unpaired) electrons. The van der Waals surface area contributed by atoms with Gasteiger partial charge in [0.1, 0.15) is 0 Å². The normalized spacial score (nSPS) is 32.8. The Morgan fingerprint density at radius 2 is 1.62 bits per heavy atom. The van der Waals surface area contributed by atoms with Gasteiger partial charge in [-0.15, -0.1) is 0 Å². The topological polar surface area (TPSA) is 55.8 Å². The number of anilines is 1. The lowest BCUT2D eigenvalue weighted by Crippen LogP contribution is -2.33. The molecule has 1 aromatic rings. The van der Waals surface area contributed by atoms with Crippen LogP contribution in [0.15, 0.2) is 29.3 Å². The van der Waals surface area contributed by atoms with Crippen LogP contribution in [0.25, 0.3) is 0 Å². The number of imide groups is 1. The molecule has 2 aliphatic heterocycles. The molecule has 1 saturated heterocycles. The fraction of sp³-hybridized carbons (Fsp3) is 0.474. The molecule has 2 saturated carbocycles.